The fourth-order valence-electron chi connectivity index (χ4n) is 2.73. The molecule has 1 amide bonds. The number of carbonyl (C=O) groups excluding carboxylic acids is 1. The largest absolute Gasteiger partial charge is 0.313 e. The van der Waals surface area contributed by atoms with E-state index in [0.717, 1.165) is 11.3 Å². The SMILES string of the molecule is CCn1c(C)cc2c(c1=O)CN(C(=O)c1cccnc1)C=C2. The summed E-state index contributed by atoms with van der Waals surface area (Å²) in [6.45, 7) is 4.78. The third kappa shape index (κ3) is 2.35. The number of hydrogen-bond acceptors (Lipinski definition) is 3. The van der Waals surface area contributed by atoms with Crippen molar-refractivity contribution in [2.45, 2.75) is 26.9 Å². The summed E-state index contributed by atoms with van der Waals surface area (Å²) in [7, 11) is 0. The third-order valence-electron chi connectivity index (χ3n) is 3.89. The highest BCUT2D eigenvalue weighted by Crippen LogP contribution is 2.19. The maximum absolute atomic E-state index is 12.5. The Bertz CT molecular complexity index is 807. The molecule has 0 spiro atoms. The summed E-state index contributed by atoms with van der Waals surface area (Å²) < 4.78 is 1.73. The van der Waals surface area contributed by atoms with Crippen LogP contribution >= 0.6 is 0 Å². The molecule has 5 heteroatoms. The van der Waals surface area contributed by atoms with E-state index >= 15 is 0 Å². The molecule has 0 aromatic carbocycles. The van der Waals surface area contributed by atoms with Crippen LogP contribution in [-0.4, -0.2) is 20.4 Å². The van der Waals surface area contributed by atoms with E-state index in [1.54, 1.807) is 34.0 Å². The molecule has 0 bridgehead atoms. The highest BCUT2D eigenvalue weighted by Gasteiger charge is 2.21. The zero-order valence-electron chi connectivity index (χ0n) is 12.6. The smallest absolute Gasteiger partial charge is 0.259 e. The fourth-order valence-corrected chi connectivity index (χ4v) is 2.73. The molecule has 0 unspecified atom stereocenters. The number of pyridine rings is 2. The van der Waals surface area contributed by atoms with Crippen molar-refractivity contribution in [3.8, 4) is 0 Å². The van der Waals surface area contributed by atoms with Gasteiger partial charge in [0.1, 0.15) is 0 Å². The second-order valence-electron chi connectivity index (χ2n) is 5.26. The van der Waals surface area contributed by atoms with Gasteiger partial charge in [-0.1, -0.05) is 0 Å². The Balaban J connectivity index is 1.98. The highest BCUT2D eigenvalue weighted by atomic mass is 16.2. The summed E-state index contributed by atoms with van der Waals surface area (Å²) in [5.41, 5.74) is 2.97. The molecule has 0 saturated carbocycles. The van der Waals surface area contributed by atoms with E-state index in [4.69, 9.17) is 0 Å². The zero-order valence-corrected chi connectivity index (χ0v) is 12.6. The Hall–Kier alpha value is -2.69. The van der Waals surface area contributed by atoms with Gasteiger partial charge in [-0.15, -0.1) is 0 Å². The van der Waals surface area contributed by atoms with Gasteiger partial charge in [0.2, 0.25) is 0 Å². The first-order valence-electron chi connectivity index (χ1n) is 7.24. The van der Waals surface area contributed by atoms with E-state index in [0.29, 0.717) is 24.2 Å². The Kier molecular flexibility index (Phi) is 3.63. The maximum atomic E-state index is 12.5. The van der Waals surface area contributed by atoms with Crippen LogP contribution in [0.15, 0.2) is 41.6 Å². The first-order chi connectivity index (χ1) is 10.6. The Morgan fingerprint density at radius 1 is 1.41 bits per heavy atom. The number of aromatic nitrogens is 2. The summed E-state index contributed by atoms with van der Waals surface area (Å²) in [6, 6.07) is 5.43. The minimum atomic E-state index is -0.155. The van der Waals surface area contributed by atoms with E-state index in [1.807, 2.05) is 26.0 Å². The molecule has 0 fully saturated rings. The van der Waals surface area contributed by atoms with E-state index in [9.17, 15) is 9.59 Å². The van der Waals surface area contributed by atoms with Gasteiger partial charge < -0.3 is 9.47 Å². The van der Waals surface area contributed by atoms with Crippen molar-refractivity contribution >= 4 is 12.0 Å². The lowest BCUT2D eigenvalue weighted by atomic mass is 10.0. The molecular weight excluding hydrogens is 278 g/mol. The van der Waals surface area contributed by atoms with Crippen LogP contribution in [0.3, 0.4) is 0 Å². The van der Waals surface area contributed by atoms with Gasteiger partial charge in [0.15, 0.2) is 0 Å². The predicted molar refractivity (Wildman–Crippen MR) is 84.3 cm³/mol. The van der Waals surface area contributed by atoms with Crippen molar-refractivity contribution in [2.24, 2.45) is 0 Å². The van der Waals surface area contributed by atoms with E-state index < -0.39 is 0 Å². The maximum Gasteiger partial charge on any atom is 0.259 e. The van der Waals surface area contributed by atoms with Crippen LogP contribution in [-0.2, 0) is 13.1 Å². The molecule has 2 aromatic heterocycles. The molecule has 1 aliphatic heterocycles. The van der Waals surface area contributed by atoms with Crippen LogP contribution in [0.4, 0.5) is 0 Å². The monoisotopic (exact) mass is 295 g/mol. The lowest BCUT2D eigenvalue weighted by Gasteiger charge is -2.24. The molecule has 0 radical (unpaired) electrons. The van der Waals surface area contributed by atoms with Crippen molar-refractivity contribution in [1.29, 1.82) is 0 Å². The first-order valence-corrected chi connectivity index (χ1v) is 7.24. The lowest BCUT2D eigenvalue weighted by Crippen LogP contribution is -2.34. The zero-order chi connectivity index (χ0) is 15.7. The number of fused-ring (bicyclic) bond motifs is 1. The van der Waals surface area contributed by atoms with Crippen LogP contribution in [0.25, 0.3) is 6.08 Å². The number of aryl methyl sites for hydroxylation is 1. The number of hydrogen-bond donors (Lipinski definition) is 0. The van der Waals surface area contributed by atoms with Gasteiger partial charge >= 0.3 is 0 Å². The molecule has 2 aromatic rings. The van der Waals surface area contributed by atoms with Gasteiger partial charge in [-0.2, -0.15) is 0 Å². The van der Waals surface area contributed by atoms with Crippen LogP contribution in [0.2, 0.25) is 0 Å². The minimum Gasteiger partial charge on any atom is -0.313 e. The fraction of sp³-hybridized carbons (Fsp3) is 0.235. The standard InChI is InChI=1S/C17H17N3O2/c1-3-20-12(2)9-13-6-8-19(11-15(13)17(20)22)16(21)14-5-4-7-18-10-14/h4-10H,3,11H2,1-2H3. The quantitative estimate of drug-likeness (QED) is 0.853. The van der Waals surface area contributed by atoms with Crippen LogP contribution in [0.1, 0.15) is 34.1 Å². The first kappa shape index (κ1) is 14.3. The van der Waals surface area contributed by atoms with Crippen molar-refractivity contribution in [3.63, 3.8) is 0 Å². The molecule has 0 saturated heterocycles. The molecule has 0 aliphatic carbocycles. The van der Waals surface area contributed by atoms with E-state index in [1.165, 1.54) is 6.20 Å². The van der Waals surface area contributed by atoms with Crippen LogP contribution in [0, 0.1) is 6.92 Å². The molecular formula is C17H17N3O2. The molecule has 0 atom stereocenters. The van der Waals surface area contributed by atoms with Gasteiger partial charge in [-0.3, -0.25) is 14.6 Å². The number of amides is 1. The van der Waals surface area contributed by atoms with Gasteiger partial charge in [0.25, 0.3) is 11.5 Å². The Morgan fingerprint density at radius 3 is 2.91 bits per heavy atom. The summed E-state index contributed by atoms with van der Waals surface area (Å²) in [6.07, 6.45) is 6.71. The normalized spacial score (nSPS) is 13.1. The van der Waals surface area contributed by atoms with Crippen molar-refractivity contribution in [1.82, 2.24) is 14.5 Å². The molecule has 5 nitrogen and oxygen atoms in total. The average molecular weight is 295 g/mol. The molecule has 1 aliphatic rings. The van der Waals surface area contributed by atoms with Crippen molar-refractivity contribution < 1.29 is 4.79 Å². The Morgan fingerprint density at radius 2 is 2.23 bits per heavy atom. The van der Waals surface area contributed by atoms with Crippen LogP contribution < -0.4 is 5.56 Å². The van der Waals surface area contributed by atoms with Gasteiger partial charge in [-0.05, 0) is 43.7 Å². The van der Waals surface area contributed by atoms with Crippen molar-refractivity contribution in [2.75, 3.05) is 0 Å². The molecule has 0 N–H and O–H groups in total. The molecule has 112 valence electrons. The second-order valence-corrected chi connectivity index (χ2v) is 5.26. The van der Waals surface area contributed by atoms with E-state index in [2.05, 4.69) is 4.98 Å². The van der Waals surface area contributed by atoms with E-state index in [-0.39, 0.29) is 11.5 Å². The predicted octanol–water partition coefficient (Wildman–Crippen LogP) is 2.20. The van der Waals surface area contributed by atoms with Gasteiger partial charge in [0, 0.05) is 36.4 Å². The summed E-state index contributed by atoms with van der Waals surface area (Å²) >= 11 is 0. The molecule has 3 heterocycles. The topological polar surface area (TPSA) is 55.2 Å². The Labute approximate surface area is 128 Å². The summed E-state index contributed by atoms with van der Waals surface area (Å²) in [4.78, 5) is 30.5. The second kappa shape index (κ2) is 5.60. The lowest BCUT2D eigenvalue weighted by molar-refractivity contribution is 0.0812. The highest BCUT2D eigenvalue weighted by molar-refractivity contribution is 5.95. The number of nitrogens with zero attached hydrogens (tertiary/aromatic N) is 3. The number of rotatable bonds is 2. The minimum absolute atomic E-state index is 0.0224. The van der Waals surface area contributed by atoms with Crippen molar-refractivity contribution in [3.05, 3.63) is 69.5 Å². The van der Waals surface area contributed by atoms with Gasteiger partial charge in [-0.25, -0.2) is 0 Å². The van der Waals surface area contributed by atoms with Gasteiger partial charge in [0.05, 0.1) is 12.1 Å². The third-order valence-corrected chi connectivity index (χ3v) is 3.89. The van der Waals surface area contributed by atoms with Crippen LogP contribution in [0.5, 0.6) is 0 Å². The molecule has 22 heavy (non-hydrogen) atoms. The number of carbonyl (C=O) groups is 1. The summed E-state index contributed by atoms with van der Waals surface area (Å²) in [5, 5.41) is 0. The average Bonchev–Trinajstić information content (AvgIpc) is 2.55. The summed E-state index contributed by atoms with van der Waals surface area (Å²) in [5.74, 6) is -0.155. The molecule has 3 rings (SSSR count).